The monoisotopic (exact) mass is 402 g/mol. The quantitative estimate of drug-likeness (QED) is 0.806. The van der Waals surface area contributed by atoms with Crippen LogP contribution in [0.5, 0.6) is 0 Å². The molecular formula is C17H24Cl2N4OS. The molecule has 0 unspecified atom stereocenters. The number of nitrogens with two attached hydrogens (primary N) is 1. The van der Waals surface area contributed by atoms with E-state index < -0.39 is 0 Å². The average Bonchev–Trinajstić information content (AvgIpc) is 3.06. The Bertz CT molecular complexity index is 645. The highest BCUT2D eigenvalue weighted by molar-refractivity contribution is 7.09. The summed E-state index contributed by atoms with van der Waals surface area (Å²) < 4.78 is 0. The van der Waals surface area contributed by atoms with Crippen LogP contribution in [0.3, 0.4) is 0 Å². The number of hydrogen-bond acceptors (Lipinski definition) is 5. The molecule has 8 heteroatoms. The Labute approximate surface area is 164 Å². The van der Waals surface area contributed by atoms with Gasteiger partial charge in [0.25, 0.3) is 5.91 Å². The summed E-state index contributed by atoms with van der Waals surface area (Å²) in [6, 6.07) is 10.6. The predicted octanol–water partition coefficient (Wildman–Crippen LogP) is 2.89. The summed E-state index contributed by atoms with van der Waals surface area (Å²) in [5.41, 5.74) is 7.29. The van der Waals surface area contributed by atoms with Gasteiger partial charge in [-0.3, -0.25) is 4.79 Å². The summed E-state index contributed by atoms with van der Waals surface area (Å²) in [4.78, 5) is 19.0. The molecule has 1 amide bonds. The van der Waals surface area contributed by atoms with E-state index in [1.54, 1.807) is 0 Å². The van der Waals surface area contributed by atoms with Gasteiger partial charge in [0.1, 0.15) is 5.69 Å². The smallest absolute Gasteiger partial charge is 0.270 e. The van der Waals surface area contributed by atoms with Crippen molar-refractivity contribution in [2.24, 2.45) is 5.73 Å². The molecule has 138 valence electrons. The molecule has 0 bridgehead atoms. The summed E-state index contributed by atoms with van der Waals surface area (Å²) in [5, 5.41) is 5.86. The normalized spacial score (nSPS) is 14.4. The first-order valence-electron chi connectivity index (χ1n) is 8.01. The lowest BCUT2D eigenvalue weighted by Crippen LogP contribution is -2.44. The van der Waals surface area contributed by atoms with Crippen LogP contribution in [0.1, 0.15) is 28.3 Å². The number of benzene rings is 1. The van der Waals surface area contributed by atoms with E-state index in [1.807, 2.05) is 11.4 Å². The summed E-state index contributed by atoms with van der Waals surface area (Å²) in [6.45, 7) is 2.49. The largest absolute Gasteiger partial charge is 0.371 e. The number of rotatable bonds is 5. The van der Waals surface area contributed by atoms with Crippen LogP contribution in [0, 0.1) is 0 Å². The van der Waals surface area contributed by atoms with Crippen molar-refractivity contribution in [1.82, 2.24) is 10.3 Å². The van der Waals surface area contributed by atoms with E-state index in [0.717, 1.165) is 37.4 Å². The summed E-state index contributed by atoms with van der Waals surface area (Å²) in [6.07, 6.45) is 2.65. The van der Waals surface area contributed by atoms with Crippen molar-refractivity contribution in [3.05, 3.63) is 46.4 Å². The van der Waals surface area contributed by atoms with E-state index in [4.69, 9.17) is 5.73 Å². The van der Waals surface area contributed by atoms with E-state index in [9.17, 15) is 4.79 Å². The lowest BCUT2D eigenvalue weighted by molar-refractivity contribution is 0.0926. The molecule has 1 aliphatic rings. The van der Waals surface area contributed by atoms with Crippen LogP contribution < -0.4 is 16.0 Å². The minimum absolute atomic E-state index is 0. The third-order valence-electron chi connectivity index (χ3n) is 4.09. The molecule has 3 N–H and O–H groups in total. The Hall–Kier alpha value is -1.34. The Morgan fingerprint density at radius 2 is 1.92 bits per heavy atom. The SMILES string of the molecule is Cl.Cl.NCCc1nc(C(=O)NC2CCN(c3ccccc3)CC2)cs1. The van der Waals surface area contributed by atoms with Crippen molar-refractivity contribution in [2.75, 3.05) is 24.5 Å². The number of nitrogens with zero attached hydrogens (tertiary/aromatic N) is 2. The maximum Gasteiger partial charge on any atom is 0.270 e. The topological polar surface area (TPSA) is 71.2 Å². The molecular weight excluding hydrogens is 379 g/mol. The third-order valence-corrected chi connectivity index (χ3v) is 5.00. The van der Waals surface area contributed by atoms with Crippen molar-refractivity contribution in [3.8, 4) is 0 Å². The van der Waals surface area contributed by atoms with Crippen LogP contribution in [0.25, 0.3) is 0 Å². The molecule has 1 aliphatic heterocycles. The number of nitrogens with one attached hydrogen (secondary N) is 1. The fourth-order valence-electron chi connectivity index (χ4n) is 2.83. The molecule has 1 saturated heterocycles. The molecule has 2 aromatic rings. The Morgan fingerprint density at radius 1 is 1.24 bits per heavy atom. The second-order valence-corrected chi connectivity index (χ2v) is 6.68. The van der Waals surface area contributed by atoms with Gasteiger partial charge in [-0.2, -0.15) is 0 Å². The van der Waals surface area contributed by atoms with Crippen molar-refractivity contribution in [3.63, 3.8) is 0 Å². The van der Waals surface area contributed by atoms with Crippen molar-refractivity contribution in [2.45, 2.75) is 25.3 Å². The van der Waals surface area contributed by atoms with E-state index in [-0.39, 0.29) is 36.8 Å². The first-order chi connectivity index (χ1) is 11.3. The van der Waals surface area contributed by atoms with E-state index >= 15 is 0 Å². The molecule has 0 radical (unpaired) electrons. The number of piperidine rings is 1. The molecule has 1 fully saturated rings. The summed E-state index contributed by atoms with van der Waals surface area (Å²) >= 11 is 1.50. The molecule has 1 aromatic heterocycles. The standard InChI is InChI=1S/C17H22N4OS.2ClH/c18-9-6-16-20-15(12-23-16)17(22)19-13-7-10-21(11-8-13)14-4-2-1-3-5-14;;/h1-5,12-13H,6-11,18H2,(H,19,22);2*1H. The Morgan fingerprint density at radius 3 is 2.56 bits per heavy atom. The first-order valence-corrected chi connectivity index (χ1v) is 8.89. The van der Waals surface area contributed by atoms with Crippen LogP contribution in [0.2, 0.25) is 0 Å². The zero-order valence-corrected chi connectivity index (χ0v) is 16.3. The van der Waals surface area contributed by atoms with Crippen LogP contribution in [0.15, 0.2) is 35.7 Å². The van der Waals surface area contributed by atoms with Gasteiger partial charge in [-0.25, -0.2) is 4.98 Å². The van der Waals surface area contributed by atoms with E-state index in [2.05, 4.69) is 39.5 Å². The number of aromatic nitrogens is 1. The van der Waals surface area contributed by atoms with Gasteiger partial charge in [-0.15, -0.1) is 36.2 Å². The second kappa shape index (κ2) is 10.6. The molecule has 0 atom stereocenters. The van der Waals surface area contributed by atoms with Gasteiger partial charge in [-0.1, -0.05) is 18.2 Å². The predicted molar refractivity (Wildman–Crippen MR) is 109 cm³/mol. The molecule has 0 spiro atoms. The van der Waals surface area contributed by atoms with Gasteiger partial charge in [-0.05, 0) is 31.5 Å². The zero-order valence-electron chi connectivity index (χ0n) is 13.9. The Balaban J connectivity index is 0.00000156. The van der Waals surface area contributed by atoms with Crippen LogP contribution in [-0.4, -0.2) is 36.6 Å². The summed E-state index contributed by atoms with van der Waals surface area (Å²) in [7, 11) is 0. The number of carbonyl (C=O) groups excluding carboxylic acids is 1. The average molecular weight is 403 g/mol. The number of hydrogen-bond donors (Lipinski definition) is 2. The highest BCUT2D eigenvalue weighted by atomic mass is 35.5. The molecule has 25 heavy (non-hydrogen) atoms. The minimum Gasteiger partial charge on any atom is -0.371 e. The maximum atomic E-state index is 12.3. The number of thiazole rings is 1. The molecule has 5 nitrogen and oxygen atoms in total. The zero-order chi connectivity index (χ0) is 16.1. The van der Waals surface area contributed by atoms with E-state index in [0.29, 0.717) is 12.2 Å². The van der Waals surface area contributed by atoms with Gasteiger partial charge in [0, 0.05) is 36.6 Å². The maximum absolute atomic E-state index is 12.3. The second-order valence-electron chi connectivity index (χ2n) is 5.74. The van der Waals surface area contributed by atoms with Gasteiger partial charge in [0.15, 0.2) is 0 Å². The number of amides is 1. The van der Waals surface area contributed by atoms with Crippen LogP contribution in [-0.2, 0) is 6.42 Å². The fourth-order valence-corrected chi connectivity index (χ4v) is 3.63. The molecule has 3 rings (SSSR count). The number of anilines is 1. The Kier molecular flexibility index (Phi) is 9.21. The fraction of sp³-hybridized carbons (Fsp3) is 0.412. The molecule has 2 heterocycles. The first kappa shape index (κ1) is 21.7. The lowest BCUT2D eigenvalue weighted by Gasteiger charge is -2.33. The molecule has 0 aliphatic carbocycles. The van der Waals surface area contributed by atoms with Gasteiger partial charge >= 0.3 is 0 Å². The number of halogens is 2. The number of para-hydroxylation sites is 1. The molecule has 0 saturated carbocycles. The lowest BCUT2D eigenvalue weighted by atomic mass is 10.0. The number of carbonyl (C=O) groups is 1. The van der Waals surface area contributed by atoms with Crippen LogP contribution in [0.4, 0.5) is 5.69 Å². The van der Waals surface area contributed by atoms with Gasteiger partial charge in [0.05, 0.1) is 5.01 Å². The van der Waals surface area contributed by atoms with Crippen molar-refractivity contribution < 1.29 is 4.79 Å². The summed E-state index contributed by atoms with van der Waals surface area (Å²) in [5.74, 6) is -0.0670. The van der Waals surface area contributed by atoms with Gasteiger partial charge in [0.2, 0.25) is 0 Å². The van der Waals surface area contributed by atoms with Crippen molar-refractivity contribution in [1.29, 1.82) is 0 Å². The minimum atomic E-state index is -0.0670. The highest BCUT2D eigenvalue weighted by Gasteiger charge is 2.22. The van der Waals surface area contributed by atoms with Crippen LogP contribution >= 0.6 is 36.2 Å². The van der Waals surface area contributed by atoms with Crippen molar-refractivity contribution >= 4 is 47.7 Å². The third kappa shape index (κ3) is 5.85. The van der Waals surface area contributed by atoms with Gasteiger partial charge < -0.3 is 16.0 Å². The molecule has 1 aromatic carbocycles. The highest BCUT2D eigenvalue weighted by Crippen LogP contribution is 2.20. The van der Waals surface area contributed by atoms with E-state index in [1.165, 1.54) is 17.0 Å².